The zero-order valence-electron chi connectivity index (χ0n) is 16.3. The van der Waals surface area contributed by atoms with Gasteiger partial charge in [0.25, 0.3) is 11.9 Å². The fourth-order valence-corrected chi connectivity index (χ4v) is 3.09. The highest BCUT2D eigenvalue weighted by atomic mass is 16.5. The molecular weight excluding hydrogens is 372 g/mol. The Morgan fingerprint density at radius 1 is 1.24 bits per heavy atom. The maximum atomic E-state index is 11.0. The number of aliphatic carboxylic acids is 1. The molecule has 1 fully saturated rings. The number of carboxylic acids is 1. The van der Waals surface area contributed by atoms with Gasteiger partial charge in [-0.3, -0.25) is 14.8 Å². The standard InChI is InChI=1S/C19H22N4O2.C2H4O2/c24-18(23-25)9-7-16-6-8-17(21-13-16)22-19(10-11-20-14-19)12-15-4-2-1-3-5-15;1-2(3)4/h1-9,13,20,25H,10-12,14H2,(H,21,22)(H,23,24);1H3,(H,3,4)/b9-7+;/t19-;/m0./s1. The van der Waals surface area contributed by atoms with Crippen LogP contribution in [0.25, 0.3) is 6.08 Å². The highest BCUT2D eigenvalue weighted by Gasteiger charge is 2.34. The van der Waals surface area contributed by atoms with Crippen molar-refractivity contribution in [3.05, 3.63) is 65.9 Å². The number of hydroxylamine groups is 1. The van der Waals surface area contributed by atoms with Crippen molar-refractivity contribution in [1.82, 2.24) is 15.8 Å². The van der Waals surface area contributed by atoms with E-state index in [0.717, 1.165) is 44.2 Å². The minimum absolute atomic E-state index is 0.0531. The summed E-state index contributed by atoms with van der Waals surface area (Å²) >= 11 is 0. The predicted octanol–water partition coefficient (Wildman–Crippen LogP) is 2.08. The molecule has 1 aromatic heterocycles. The molecule has 3 rings (SSSR count). The number of nitrogens with one attached hydrogen (secondary N) is 3. The second kappa shape index (κ2) is 10.9. The van der Waals surface area contributed by atoms with Gasteiger partial charge in [-0.05, 0) is 48.7 Å². The second-order valence-corrected chi connectivity index (χ2v) is 6.80. The van der Waals surface area contributed by atoms with Crippen LogP contribution in [-0.4, -0.2) is 45.8 Å². The molecule has 1 aliphatic heterocycles. The number of aromatic nitrogens is 1. The first-order valence-electron chi connectivity index (χ1n) is 9.23. The maximum Gasteiger partial charge on any atom is 0.300 e. The van der Waals surface area contributed by atoms with E-state index in [-0.39, 0.29) is 5.54 Å². The van der Waals surface area contributed by atoms with Crippen molar-refractivity contribution in [2.45, 2.75) is 25.3 Å². The lowest BCUT2D eigenvalue weighted by atomic mass is 9.90. The number of carboxylic acid groups (broad SMARTS) is 1. The summed E-state index contributed by atoms with van der Waals surface area (Å²) in [4.78, 5) is 24.5. The molecule has 1 aromatic carbocycles. The molecule has 1 saturated heterocycles. The molecule has 0 bridgehead atoms. The molecule has 1 atom stereocenters. The average molecular weight is 398 g/mol. The number of benzene rings is 1. The first-order chi connectivity index (χ1) is 13.9. The van der Waals surface area contributed by atoms with E-state index in [9.17, 15) is 4.79 Å². The fraction of sp³-hybridized carbons (Fsp3) is 0.286. The van der Waals surface area contributed by atoms with Crippen LogP contribution < -0.4 is 16.1 Å². The Hall–Kier alpha value is -3.23. The van der Waals surface area contributed by atoms with Gasteiger partial charge in [-0.1, -0.05) is 30.3 Å². The Morgan fingerprint density at radius 3 is 2.52 bits per heavy atom. The van der Waals surface area contributed by atoms with Gasteiger partial charge in [-0.15, -0.1) is 0 Å². The Morgan fingerprint density at radius 2 is 1.97 bits per heavy atom. The van der Waals surface area contributed by atoms with Crippen molar-refractivity contribution in [2.75, 3.05) is 18.4 Å². The van der Waals surface area contributed by atoms with E-state index in [2.05, 4.69) is 39.9 Å². The number of amides is 1. The van der Waals surface area contributed by atoms with Gasteiger partial charge >= 0.3 is 0 Å². The molecule has 8 heteroatoms. The summed E-state index contributed by atoms with van der Waals surface area (Å²) in [5.74, 6) is -0.593. The van der Waals surface area contributed by atoms with Crippen molar-refractivity contribution in [2.24, 2.45) is 0 Å². The van der Waals surface area contributed by atoms with E-state index in [0.29, 0.717) is 0 Å². The molecule has 5 N–H and O–H groups in total. The van der Waals surface area contributed by atoms with Crippen LogP contribution in [-0.2, 0) is 16.0 Å². The van der Waals surface area contributed by atoms with Crippen molar-refractivity contribution < 1.29 is 19.9 Å². The van der Waals surface area contributed by atoms with E-state index < -0.39 is 11.9 Å². The number of nitrogens with zero attached hydrogens (tertiary/aromatic N) is 1. The van der Waals surface area contributed by atoms with E-state index in [1.165, 1.54) is 11.6 Å². The number of hydrogen-bond donors (Lipinski definition) is 5. The lowest BCUT2D eigenvalue weighted by Gasteiger charge is -2.30. The number of anilines is 1. The van der Waals surface area contributed by atoms with Crippen LogP contribution in [0, 0.1) is 0 Å². The molecular formula is C21H26N4O4. The van der Waals surface area contributed by atoms with Crippen LogP contribution >= 0.6 is 0 Å². The average Bonchev–Trinajstić information content (AvgIpc) is 3.15. The summed E-state index contributed by atoms with van der Waals surface area (Å²) in [7, 11) is 0. The Kier molecular flexibility index (Phi) is 8.32. The SMILES string of the molecule is CC(=O)O.O=C(/C=C/c1ccc(N[C@]2(Cc3ccccc3)CCNC2)nc1)NO. The van der Waals surface area contributed by atoms with Gasteiger partial charge < -0.3 is 15.7 Å². The predicted molar refractivity (Wildman–Crippen MR) is 110 cm³/mol. The molecule has 0 radical (unpaired) electrons. The van der Waals surface area contributed by atoms with Crippen molar-refractivity contribution in [3.8, 4) is 0 Å². The molecule has 154 valence electrons. The van der Waals surface area contributed by atoms with Crippen LogP contribution in [0.5, 0.6) is 0 Å². The molecule has 29 heavy (non-hydrogen) atoms. The summed E-state index contributed by atoms with van der Waals surface area (Å²) in [6, 6.07) is 14.2. The number of hydrogen-bond acceptors (Lipinski definition) is 6. The second-order valence-electron chi connectivity index (χ2n) is 6.80. The summed E-state index contributed by atoms with van der Waals surface area (Å²) < 4.78 is 0. The molecule has 1 amide bonds. The third kappa shape index (κ3) is 7.73. The number of carbonyl (C=O) groups is 2. The van der Waals surface area contributed by atoms with E-state index in [1.807, 2.05) is 18.2 Å². The summed E-state index contributed by atoms with van der Waals surface area (Å²) in [5, 5.41) is 22.9. The molecule has 0 spiro atoms. The Balaban J connectivity index is 0.000000687. The maximum absolute atomic E-state index is 11.0. The third-order valence-corrected chi connectivity index (χ3v) is 4.35. The van der Waals surface area contributed by atoms with Gasteiger partial charge in [0.1, 0.15) is 5.82 Å². The fourth-order valence-electron chi connectivity index (χ4n) is 3.09. The normalized spacial score (nSPS) is 18.0. The lowest BCUT2D eigenvalue weighted by molar-refractivity contribution is -0.134. The van der Waals surface area contributed by atoms with Crippen LogP contribution in [0.15, 0.2) is 54.7 Å². The van der Waals surface area contributed by atoms with Crippen LogP contribution in [0.3, 0.4) is 0 Å². The Bertz CT molecular complexity index is 812. The molecule has 2 aromatic rings. The Labute approximate surface area is 169 Å². The number of pyridine rings is 1. The number of rotatable bonds is 6. The van der Waals surface area contributed by atoms with Gasteiger partial charge in [0, 0.05) is 25.7 Å². The summed E-state index contributed by atoms with van der Waals surface area (Å²) in [6.45, 7) is 2.96. The molecule has 8 nitrogen and oxygen atoms in total. The largest absolute Gasteiger partial charge is 0.481 e. The molecule has 2 heterocycles. The van der Waals surface area contributed by atoms with E-state index >= 15 is 0 Å². The van der Waals surface area contributed by atoms with Gasteiger partial charge in [-0.2, -0.15) is 0 Å². The van der Waals surface area contributed by atoms with Crippen LogP contribution in [0.4, 0.5) is 5.82 Å². The number of carbonyl (C=O) groups excluding carboxylic acids is 1. The van der Waals surface area contributed by atoms with Crippen molar-refractivity contribution in [3.63, 3.8) is 0 Å². The van der Waals surface area contributed by atoms with Crippen LogP contribution in [0.2, 0.25) is 0 Å². The zero-order valence-corrected chi connectivity index (χ0v) is 16.3. The van der Waals surface area contributed by atoms with Gasteiger partial charge in [-0.25, -0.2) is 10.5 Å². The summed E-state index contributed by atoms with van der Waals surface area (Å²) in [5.41, 5.74) is 3.59. The monoisotopic (exact) mass is 398 g/mol. The van der Waals surface area contributed by atoms with E-state index in [1.54, 1.807) is 17.8 Å². The van der Waals surface area contributed by atoms with Crippen molar-refractivity contribution in [1.29, 1.82) is 0 Å². The minimum Gasteiger partial charge on any atom is -0.481 e. The highest BCUT2D eigenvalue weighted by Crippen LogP contribution is 2.25. The van der Waals surface area contributed by atoms with Gasteiger partial charge in [0.05, 0.1) is 5.54 Å². The summed E-state index contributed by atoms with van der Waals surface area (Å²) in [6.07, 6.45) is 6.51. The molecule has 0 unspecified atom stereocenters. The first-order valence-corrected chi connectivity index (χ1v) is 9.23. The third-order valence-electron chi connectivity index (χ3n) is 4.35. The zero-order chi connectivity index (χ0) is 21.1. The lowest BCUT2D eigenvalue weighted by Crippen LogP contribution is -2.43. The van der Waals surface area contributed by atoms with Gasteiger partial charge in [0.15, 0.2) is 0 Å². The van der Waals surface area contributed by atoms with Crippen LogP contribution in [0.1, 0.15) is 24.5 Å². The minimum atomic E-state index is -0.833. The molecule has 0 saturated carbocycles. The topological polar surface area (TPSA) is 124 Å². The van der Waals surface area contributed by atoms with Gasteiger partial charge in [0.2, 0.25) is 0 Å². The quantitative estimate of drug-likeness (QED) is 0.287. The molecule has 0 aliphatic carbocycles. The first kappa shape index (κ1) is 22.1. The smallest absolute Gasteiger partial charge is 0.300 e. The molecule has 1 aliphatic rings. The van der Waals surface area contributed by atoms with Crippen molar-refractivity contribution >= 4 is 23.8 Å². The highest BCUT2D eigenvalue weighted by molar-refractivity contribution is 5.90. The van der Waals surface area contributed by atoms with E-state index in [4.69, 9.17) is 15.1 Å².